The predicted molar refractivity (Wildman–Crippen MR) is 225 cm³/mol. The molecule has 0 atom stereocenters. The van der Waals surface area contributed by atoms with Gasteiger partial charge in [0, 0.05) is 0 Å². The standard InChI is InChI=1S/C45H46Si2.2CH3.Hf/c1-45(31-32-13-9-8-10-14-32,37-27-35-15-11-17-41(43(35)29-37)33-19-23-39(24-20-33)46(2,3)4)38-28-36-16-12-18-42(44(36)30-38)34-21-25-40(26-22-34)47(5,6)7;;;/h8-30H,31H2,1-7H3;2*1H3;/q-2;2*-1;+4. The summed E-state index contributed by atoms with van der Waals surface area (Å²) in [5.41, 5.74) is 9.11. The Balaban J connectivity index is 0.00000187. The fourth-order valence-electron chi connectivity index (χ4n) is 7.28. The zero-order valence-electron chi connectivity index (χ0n) is 31.5. The molecule has 0 unspecified atom stereocenters. The Morgan fingerprint density at radius 1 is 0.500 bits per heavy atom. The molecule has 50 heavy (non-hydrogen) atoms. The second-order valence-electron chi connectivity index (χ2n) is 15.8. The van der Waals surface area contributed by atoms with Crippen molar-refractivity contribution < 1.29 is 25.8 Å². The van der Waals surface area contributed by atoms with Crippen molar-refractivity contribution in [2.24, 2.45) is 0 Å². The van der Waals surface area contributed by atoms with Gasteiger partial charge in [-0.1, -0.05) is 159 Å². The smallest absolute Gasteiger partial charge is 0.358 e. The number of hydrogen-bond donors (Lipinski definition) is 0. The maximum absolute atomic E-state index is 2.48. The summed E-state index contributed by atoms with van der Waals surface area (Å²) in [6.45, 7) is 17.0. The van der Waals surface area contributed by atoms with E-state index >= 15 is 0 Å². The van der Waals surface area contributed by atoms with Crippen LogP contribution < -0.4 is 10.4 Å². The molecule has 0 radical (unpaired) electrons. The third kappa shape index (κ3) is 7.61. The number of fused-ring (bicyclic) bond motifs is 2. The SMILES string of the molecule is CC(Cc1ccccc1)(c1cc2c(-c3ccc([Si](C)(C)C)cc3)cccc2[cH-]1)c1cc2c(-c3ccc([Si](C)(C)C)cc3)cccc2[cH-]1.[CH3-].[CH3-].[Hf+4]. The molecule has 7 aromatic rings. The Kier molecular flexibility index (Phi) is 11.9. The van der Waals surface area contributed by atoms with Gasteiger partial charge in [0.2, 0.25) is 0 Å². The number of benzene rings is 5. The molecule has 0 heterocycles. The maximum atomic E-state index is 2.48. The van der Waals surface area contributed by atoms with E-state index in [4.69, 9.17) is 0 Å². The van der Waals surface area contributed by atoms with Crippen molar-refractivity contribution in [3.05, 3.63) is 171 Å². The number of hydrogen-bond acceptors (Lipinski definition) is 0. The summed E-state index contributed by atoms with van der Waals surface area (Å²) in [6.07, 6.45) is 0.932. The first kappa shape index (κ1) is 39.4. The van der Waals surface area contributed by atoms with E-state index in [2.05, 4.69) is 186 Å². The van der Waals surface area contributed by atoms with Crippen molar-refractivity contribution >= 4 is 48.1 Å². The fourth-order valence-corrected chi connectivity index (χ4v) is 9.62. The zero-order valence-corrected chi connectivity index (χ0v) is 37.1. The average molecular weight is 852 g/mol. The largest absolute Gasteiger partial charge is 4.00 e. The van der Waals surface area contributed by atoms with Gasteiger partial charge in [0.05, 0.1) is 16.1 Å². The van der Waals surface area contributed by atoms with E-state index in [-0.39, 0.29) is 46.1 Å². The normalized spacial score (nSPS) is 11.9. The molecule has 0 aliphatic rings. The molecule has 0 aliphatic heterocycles. The molecule has 0 aromatic heterocycles. The van der Waals surface area contributed by atoms with Crippen LogP contribution in [0.2, 0.25) is 39.3 Å². The Labute approximate surface area is 323 Å². The molecule has 0 bridgehead atoms. The fraction of sp³-hybridized carbons (Fsp3) is 0.191. The van der Waals surface area contributed by atoms with Crippen molar-refractivity contribution in [2.45, 2.75) is 58.0 Å². The van der Waals surface area contributed by atoms with E-state index in [1.54, 1.807) is 0 Å². The first-order valence-electron chi connectivity index (χ1n) is 17.1. The van der Waals surface area contributed by atoms with E-state index in [0.717, 1.165) is 6.42 Å². The molecular weight excluding hydrogens is 799 g/mol. The van der Waals surface area contributed by atoms with Gasteiger partial charge in [0.1, 0.15) is 0 Å². The monoisotopic (exact) mass is 852 g/mol. The van der Waals surface area contributed by atoms with Crippen molar-refractivity contribution in [3.8, 4) is 22.3 Å². The molecule has 0 fully saturated rings. The topological polar surface area (TPSA) is 0 Å². The van der Waals surface area contributed by atoms with E-state index in [0.29, 0.717) is 0 Å². The zero-order chi connectivity index (χ0) is 33.0. The second-order valence-corrected chi connectivity index (χ2v) is 25.9. The van der Waals surface area contributed by atoms with Crippen molar-refractivity contribution in [1.29, 1.82) is 0 Å². The van der Waals surface area contributed by atoms with Gasteiger partial charge in [-0.15, -0.1) is 69.1 Å². The minimum Gasteiger partial charge on any atom is -0.358 e. The Hall–Kier alpha value is -3.38. The predicted octanol–water partition coefficient (Wildman–Crippen LogP) is 12.3. The van der Waals surface area contributed by atoms with E-state index in [9.17, 15) is 0 Å². The van der Waals surface area contributed by atoms with E-state index in [1.807, 2.05) is 0 Å². The van der Waals surface area contributed by atoms with Crippen LogP contribution >= 0.6 is 0 Å². The Bertz CT molecular complexity index is 2030. The minimum absolute atomic E-state index is 0. The molecule has 0 spiro atoms. The first-order chi connectivity index (χ1) is 22.4. The summed E-state index contributed by atoms with van der Waals surface area (Å²) in [6, 6.07) is 53.2. The Morgan fingerprint density at radius 2 is 0.900 bits per heavy atom. The summed E-state index contributed by atoms with van der Waals surface area (Å²) in [4.78, 5) is 0. The van der Waals surface area contributed by atoms with Crippen LogP contribution in [0.4, 0.5) is 0 Å². The van der Waals surface area contributed by atoms with Gasteiger partial charge in [-0.25, -0.2) is 0 Å². The van der Waals surface area contributed by atoms with E-state index < -0.39 is 16.1 Å². The van der Waals surface area contributed by atoms with Crippen molar-refractivity contribution in [3.63, 3.8) is 0 Å². The van der Waals surface area contributed by atoms with Gasteiger partial charge in [0.25, 0.3) is 0 Å². The quantitative estimate of drug-likeness (QED) is 0.106. The van der Waals surface area contributed by atoms with Crippen molar-refractivity contribution in [1.82, 2.24) is 0 Å². The summed E-state index contributed by atoms with van der Waals surface area (Å²) < 4.78 is 0. The molecule has 7 rings (SSSR count). The van der Waals surface area contributed by atoms with Crippen LogP contribution in [0.15, 0.2) is 140 Å². The molecule has 0 aliphatic carbocycles. The van der Waals surface area contributed by atoms with E-state index in [1.165, 1.54) is 70.9 Å². The van der Waals surface area contributed by atoms with Crippen LogP contribution in [0.3, 0.4) is 0 Å². The third-order valence-corrected chi connectivity index (χ3v) is 14.4. The van der Waals surface area contributed by atoms with Gasteiger partial charge in [-0.2, -0.15) is 12.1 Å². The molecular formula is C47H52HfSi2. The van der Waals surface area contributed by atoms with Crippen LogP contribution in [0.25, 0.3) is 43.8 Å². The minimum atomic E-state index is -1.36. The summed E-state index contributed by atoms with van der Waals surface area (Å²) in [7, 11) is -2.71. The first-order valence-corrected chi connectivity index (χ1v) is 24.1. The van der Waals surface area contributed by atoms with Crippen molar-refractivity contribution in [2.75, 3.05) is 0 Å². The van der Waals surface area contributed by atoms with Gasteiger partial charge < -0.3 is 14.9 Å². The van der Waals surface area contributed by atoms with Gasteiger partial charge in [-0.05, 0) is 28.5 Å². The average Bonchev–Trinajstić information content (AvgIpc) is 3.70. The molecule has 3 heteroatoms. The van der Waals surface area contributed by atoms with Crippen LogP contribution in [0.1, 0.15) is 23.6 Å². The van der Waals surface area contributed by atoms with Crippen LogP contribution in [-0.2, 0) is 37.7 Å². The van der Waals surface area contributed by atoms with Gasteiger partial charge in [-0.3, -0.25) is 0 Å². The second kappa shape index (κ2) is 15.1. The van der Waals surface area contributed by atoms with Crippen LogP contribution in [0.5, 0.6) is 0 Å². The molecule has 0 saturated carbocycles. The third-order valence-electron chi connectivity index (χ3n) is 10.3. The molecule has 0 nitrogen and oxygen atoms in total. The van der Waals surface area contributed by atoms with Crippen LogP contribution in [0, 0.1) is 14.9 Å². The summed E-state index contributed by atoms with van der Waals surface area (Å²) >= 11 is 0. The molecule has 7 aromatic carbocycles. The van der Waals surface area contributed by atoms with Crippen LogP contribution in [-0.4, -0.2) is 16.1 Å². The van der Waals surface area contributed by atoms with Gasteiger partial charge in [0.15, 0.2) is 0 Å². The molecule has 0 amide bonds. The molecule has 0 saturated heterocycles. The summed E-state index contributed by atoms with van der Waals surface area (Å²) in [5, 5.41) is 8.29. The molecule has 252 valence electrons. The molecule has 0 N–H and O–H groups in total. The summed E-state index contributed by atoms with van der Waals surface area (Å²) in [5.74, 6) is 0. The maximum Gasteiger partial charge on any atom is 4.00 e. The van der Waals surface area contributed by atoms with Gasteiger partial charge >= 0.3 is 25.8 Å². The number of rotatable bonds is 8. The Morgan fingerprint density at radius 3 is 1.28 bits per heavy atom.